The van der Waals surface area contributed by atoms with E-state index in [-0.39, 0.29) is 24.3 Å². The van der Waals surface area contributed by atoms with E-state index in [4.69, 9.17) is 4.74 Å². The smallest absolute Gasteiger partial charge is 0.251 e. The molecule has 0 spiro atoms. The molecule has 2 aromatic carbocycles. The molecule has 0 saturated carbocycles. The van der Waals surface area contributed by atoms with Gasteiger partial charge in [0.25, 0.3) is 5.91 Å². The number of rotatable bonds is 7. The van der Waals surface area contributed by atoms with E-state index in [1.165, 1.54) is 6.07 Å². The Hall–Kier alpha value is -3.26. The Balaban J connectivity index is 1.83. The van der Waals surface area contributed by atoms with Crippen molar-refractivity contribution in [2.24, 2.45) is 5.92 Å². The first-order valence-corrected chi connectivity index (χ1v) is 10.8. The molecule has 1 heterocycles. The monoisotopic (exact) mass is 455 g/mol. The number of ether oxygens (including phenoxy) is 1. The van der Waals surface area contributed by atoms with Crippen LogP contribution in [0.15, 0.2) is 42.5 Å². The first-order valence-electron chi connectivity index (χ1n) is 10.8. The lowest BCUT2D eigenvalue weighted by molar-refractivity contribution is -0.129. The number of hydrogen-bond acceptors (Lipinski definition) is 4. The zero-order valence-corrected chi connectivity index (χ0v) is 19.3. The Kier molecular flexibility index (Phi) is 7.48. The number of halogens is 1. The van der Waals surface area contributed by atoms with Gasteiger partial charge < -0.3 is 20.7 Å². The maximum absolute atomic E-state index is 14.6. The Labute approximate surface area is 193 Å². The third-order valence-corrected chi connectivity index (χ3v) is 5.57. The topological polar surface area (TPSA) is 96.5 Å². The average molecular weight is 456 g/mol. The van der Waals surface area contributed by atoms with Gasteiger partial charge >= 0.3 is 0 Å². The number of benzene rings is 2. The van der Waals surface area contributed by atoms with Gasteiger partial charge in [0.05, 0.1) is 12.5 Å². The number of anilines is 1. The van der Waals surface area contributed by atoms with Crippen molar-refractivity contribution in [3.63, 3.8) is 0 Å². The molecular formula is C25H30FN3O4. The molecule has 1 aliphatic rings. The minimum atomic E-state index is -1.02. The van der Waals surface area contributed by atoms with Crippen LogP contribution in [-0.2, 0) is 31.1 Å². The summed E-state index contributed by atoms with van der Waals surface area (Å²) in [5.41, 5.74) is 1.93. The highest BCUT2D eigenvalue weighted by molar-refractivity contribution is 5.99. The second-order valence-electron chi connectivity index (χ2n) is 9.26. The van der Waals surface area contributed by atoms with Crippen molar-refractivity contribution in [2.45, 2.75) is 45.3 Å². The van der Waals surface area contributed by atoms with Gasteiger partial charge in [-0.3, -0.25) is 14.4 Å². The summed E-state index contributed by atoms with van der Waals surface area (Å²) in [7, 11) is 1.59. The van der Waals surface area contributed by atoms with Crippen LogP contribution in [0.25, 0.3) is 0 Å². The van der Waals surface area contributed by atoms with Gasteiger partial charge in [0, 0.05) is 25.8 Å². The van der Waals surface area contributed by atoms with E-state index in [1.807, 2.05) is 32.9 Å². The van der Waals surface area contributed by atoms with Crippen LogP contribution < -0.4 is 16.0 Å². The molecule has 3 amide bonds. The Morgan fingerprint density at radius 1 is 1.18 bits per heavy atom. The number of nitrogens with one attached hydrogen (secondary N) is 3. The lowest BCUT2D eigenvalue weighted by atomic mass is 9.86. The second-order valence-corrected chi connectivity index (χ2v) is 9.26. The molecule has 1 aliphatic heterocycles. The molecule has 33 heavy (non-hydrogen) atoms. The normalized spacial score (nSPS) is 16.8. The molecule has 0 aliphatic carbocycles. The molecule has 0 unspecified atom stereocenters. The fourth-order valence-electron chi connectivity index (χ4n) is 3.74. The Bertz CT molecular complexity index is 1030. The van der Waals surface area contributed by atoms with E-state index >= 15 is 0 Å². The number of hydrogen-bond donors (Lipinski definition) is 3. The largest absolute Gasteiger partial charge is 0.380 e. The highest BCUT2D eigenvalue weighted by Crippen LogP contribution is 2.27. The van der Waals surface area contributed by atoms with Gasteiger partial charge in [0.1, 0.15) is 11.9 Å². The molecule has 2 atom stereocenters. The Morgan fingerprint density at radius 3 is 2.42 bits per heavy atom. The third kappa shape index (κ3) is 6.16. The zero-order valence-electron chi connectivity index (χ0n) is 19.3. The van der Waals surface area contributed by atoms with Gasteiger partial charge in [-0.1, -0.05) is 51.1 Å². The number of carbonyl (C=O) groups excluding carboxylic acids is 3. The minimum Gasteiger partial charge on any atom is -0.380 e. The van der Waals surface area contributed by atoms with Crippen molar-refractivity contribution in [2.75, 3.05) is 19.0 Å². The molecule has 0 aromatic heterocycles. The van der Waals surface area contributed by atoms with Crippen molar-refractivity contribution in [1.29, 1.82) is 0 Å². The van der Waals surface area contributed by atoms with Crippen LogP contribution in [0.3, 0.4) is 0 Å². The molecule has 3 N–H and O–H groups in total. The summed E-state index contributed by atoms with van der Waals surface area (Å²) in [4.78, 5) is 37.4. The quantitative estimate of drug-likeness (QED) is 0.597. The van der Waals surface area contributed by atoms with Crippen LogP contribution in [-0.4, -0.2) is 31.4 Å². The SMILES string of the molecule is COCc1ccc([C@H](NC(=O)[C@@H]2CNC(=O)C2)C(=O)Nc2ccc(C(C)(C)C)c(F)c2)cc1. The lowest BCUT2D eigenvalue weighted by Crippen LogP contribution is -2.40. The summed E-state index contributed by atoms with van der Waals surface area (Å²) in [6, 6.07) is 10.6. The summed E-state index contributed by atoms with van der Waals surface area (Å²) in [6.07, 6.45) is 0.0758. The molecule has 3 rings (SSSR count). The average Bonchev–Trinajstić information content (AvgIpc) is 3.18. The molecule has 8 heteroatoms. The fraction of sp³-hybridized carbons (Fsp3) is 0.400. The van der Waals surface area contributed by atoms with Crippen LogP contribution in [0.4, 0.5) is 10.1 Å². The van der Waals surface area contributed by atoms with Crippen molar-refractivity contribution in [1.82, 2.24) is 10.6 Å². The van der Waals surface area contributed by atoms with E-state index in [2.05, 4.69) is 16.0 Å². The zero-order chi connectivity index (χ0) is 24.2. The van der Waals surface area contributed by atoms with Gasteiger partial charge in [-0.25, -0.2) is 4.39 Å². The first kappa shape index (κ1) is 24.4. The molecule has 7 nitrogen and oxygen atoms in total. The number of methoxy groups -OCH3 is 1. The van der Waals surface area contributed by atoms with Gasteiger partial charge in [0.2, 0.25) is 11.8 Å². The molecule has 2 aromatic rings. The highest BCUT2D eigenvalue weighted by atomic mass is 19.1. The van der Waals surface area contributed by atoms with Gasteiger partial charge in [-0.2, -0.15) is 0 Å². The molecular weight excluding hydrogens is 425 g/mol. The highest BCUT2D eigenvalue weighted by Gasteiger charge is 2.32. The van der Waals surface area contributed by atoms with E-state index < -0.39 is 29.6 Å². The molecule has 0 radical (unpaired) electrons. The first-order chi connectivity index (χ1) is 15.6. The van der Waals surface area contributed by atoms with E-state index in [1.54, 1.807) is 31.4 Å². The second kappa shape index (κ2) is 10.1. The number of carbonyl (C=O) groups is 3. The number of amides is 3. The van der Waals surface area contributed by atoms with Crippen LogP contribution in [0.5, 0.6) is 0 Å². The summed E-state index contributed by atoms with van der Waals surface area (Å²) in [5.74, 6) is -2.08. The summed E-state index contributed by atoms with van der Waals surface area (Å²) < 4.78 is 19.7. The fourth-order valence-corrected chi connectivity index (χ4v) is 3.74. The molecule has 1 saturated heterocycles. The van der Waals surface area contributed by atoms with E-state index in [0.29, 0.717) is 23.4 Å². The predicted octanol–water partition coefficient (Wildman–Crippen LogP) is 3.20. The van der Waals surface area contributed by atoms with Crippen molar-refractivity contribution >= 4 is 23.4 Å². The van der Waals surface area contributed by atoms with Crippen LogP contribution in [0, 0.1) is 11.7 Å². The van der Waals surface area contributed by atoms with Crippen LogP contribution in [0.2, 0.25) is 0 Å². The summed E-state index contributed by atoms with van der Waals surface area (Å²) in [6.45, 7) is 6.37. The van der Waals surface area contributed by atoms with Crippen molar-refractivity contribution in [3.8, 4) is 0 Å². The van der Waals surface area contributed by atoms with Gasteiger partial charge in [-0.15, -0.1) is 0 Å². The maximum atomic E-state index is 14.6. The van der Waals surface area contributed by atoms with Crippen LogP contribution in [0.1, 0.15) is 49.9 Å². The summed E-state index contributed by atoms with van der Waals surface area (Å²) in [5, 5.41) is 8.07. The van der Waals surface area contributed by atoms with Crippen molar-refractivity contribution in [3.05, 3.63) is 65.0 Å². The molecule has 1 fully saturated rings. The molecule has 176 valence electrons. The van der Waals surface area contributed by atoms with Gasteiger partial charge in [0.15, 0.2) is 0 Å². The van der Waals surface area contributed by atoms with Crippen molar-refractivity contribution < 1.29 is 23.5 Å². The Morgan fingerprint density at radius 2 is 1.88 bits per heavy atom. The standard InChI is InChI=1S/C25H30FN3O4/c1-25(2,3)19-10-9-18(12-20(19)26)28-24(32)22(16-7-5-15(6-8-16)14-33-4)29-23(31)17-11-21(30)27-13-17/h5-10,12,17,22H,11,13-14H2,1-4H3,(H,27,30)(H,28,32)(H,29,31)/t17-,22-/m0/s1. The molecule has 0 bridgehead atoms. The van der Waals surface area contributed by atoms with E-state index in [0.717, 1.165) is 5.56 Å². The summed E-state index contributed by atoms with van der Waals surface area (Å²) >= 11 is 0. The van der Waals surface area contributed by atoms with E-state index in [9.17, 15) is 18.8 Å². The third-order valence-electron chi connectivity index (χ3n) is 5.57. The maximum Gasteiger partial charge on any atom is 0.251 e. The lowest BCUT2D eigenvalue weighted by Gasteiger charge is -2.22. The predicted molar refractivity (Wildman–Crippen MR) is 123 cm³/mol. The minimum absolute atomic E-state index is 0.0758. The van der Waals surface area contributed by atoms with Crippen LogP contribution >= 0.6 is 0 Å². The van der Waals surface area contributed by atoms with Gasteiger partial charge in [-0.05, 0) is 34.2 Å².